The Kier molecular flexibility index (Phi) is 7.70. The Balaban J connectivity index is 2.46. The summed E-state index contributed by atoms with van der Waals surface area (Å²) in [6.07, 6.45) is 11.3. The quantitative estimate of drug-likeness (QED) is 0.706. The lowest BCUT2D eigenvalue weighted by Gasteiger charge is -2.15. The summed E-state index contributed by atoms with van der Waals surface area (Å²) >= 11 is 0. The van der Waals surface area contributed by atoms with Crippen LogP contribution in [0.1, 0.15) is 70.6 Å². The number of esters is 1. The maximum Gasteiger partial charge on any atom is 0.306 e. The predicted molar refractivity (Wildman–Crippen MR) is 71.3 cm³/mol. The van der Waals surface area contributed by atoms with Crippen molar-refractivity contribution in [2.45, 2.75) is 70.6 Å². The predicted octanol–water partition coefficient (Wildman–Crippen LogP) is 3.65. The molecule has 104 valence electrons. The van der Waals surface area contributed by atoms with Gasteiger partial charge in [-0.3, -0.25) is 9.59 Å². The van der Waals surface area contributed by atoms with Gasteiger partial charge in [-0.2, -0.15) is 0 Å². The number of Topliss-reactive ketones (excluding diaryl/α,β-unsaturated/α-hetero) is 1. The minimum absolute atomic E-state index is 0.100. The van der Waals surface area contributed by atoms with Crippen LogP contribution in [0.3, 0.4) is 0 Å². The van der Waals surface area contributed by atoms with Crippen LogP contribution in [-0.4, -0.2) is 18.9 Å². The van der Waals surface area contributed by atoms with Gasteiger partial charge in [-0.05, 0) is 12.8 Å². The van der Waals surface area contributed by atoms with Crippen LogP contribution in [0, 0.1) is 5.92 Å². The van der Waals surface area contributed by atoms with Gasteiger partial charge in [0.15, 0.2) is 0 Å². The number of hydrogen-bond donors (Lipinski definition) is 0. The number of ether oxygens (including phenoxy) is 1. The summed E-state index contributed by atoms with van der Waals surface area (Å²) in [5.74, 6) is -0.0849. The molecule has 1 saturated carbocycles. The molecule has 3 heteroatoms. The maximum absolute atomic E-state index is 12.1. The Labute approximate surface area is 110 Å². The summed E-state index contributed by atoms with van der Waals surface area (Å²) < 4.78 is 4.68. The van der Waals surface area contributed by atoms with Gasteiger partial charge in [-0.15, -0.1) is 0 Å². The van der Waals surface area contributed by atoms with Crippen molar-refractivity contribution in [3.63, 3.8) is 0 Å². The molecule has 1 aliphatic carbocycles. The molecule has 0 N–H and O–H groups in total. The van der Waals surface area contributed by atoms with Crippen LogP contribution in [-0.2, 0) is 14.3 Å². The summed E-state index contributed by atoms with van der Waals surface area (Å²) in [4.78, 5) is 23.4. The highest BCUT2D eigenvalue weighted by Gasteiger charge is 2.21. The zero-order chi connectivity index (χ0) is 13.2. The number of hydrogen-bond acceptors (Lipinski definition) is 3. The van der Waals surface area contributed by atoms with Crippen LogP contribution >= 0.6 is 0 Å². The van der Waals surface area contributed by atoms with E-state index < -0.39 is 0 Å². The van der Waals surface area contributed by atoms with Gasteiger partial charge in [-0.1, -0.05) is 44.9 Å². The number of carbonyl (C=O) groups is 2. The maximum atomic E-state index is 12.1. The molecule has 1 fully saturated rings. The van der Waals surface area contributed by atoms with Gasteiger partial charge in [0, 0.05) is 12.3 Å². The third kappa shape index (κ3) is 6.18. The number of methoxy groups -OCH3 is 1. The summed E-state index contributed by atoms with van der Waals surface area (Å²) in [6, 6.07) is 0. The molecular formula is C15H26O3. The molecule has 1 aliphatic rings. The van der Waals surface area contributed by atoms with Crippen molar-refractivity contribution in [2.75, 3.05) is 7.11 Å². The van der Waals surface area contributed by atoms with E-state index in [1.165, 1.54) is 39.2 Å². The second-order valence-electron chi connectivity index (χ2n) is 5.31. The monoisotopic (exact) mass is 254 g/mol. The van der Waals surface area contributed by atoms with Crippen molar-refractivity contribution in [3.05, 3.63) is 0 Å². The van der Waals surface area contributed by atoms with Gasteiger partial charge in [0.05, 0.1) is 13.5 Å². The van der Waals surface area contributed by atoms with Crippen LogP contribution in [0.15, 0.2) is 0 Å². The first-order chi connectivity index (χ1) is 8.74. The molecule has 0 bridgehead atoms. The lowest BCUT2D eigenvalue weighted by atomic mass is 9.89. The van der Waals surface area contributed by atoms with Crippen molar-refractivity contribution in [3.8, 4) is 0 Å². The van der Waals surface area contributed by atoms with Gasteiger partial charge in [0.2, 0.25) is 0 Å². The SMILES string of the molecule is COC(=O)CC1CCCCCCCCCCC1=O. The van der Waals surface area contributed by atoms with Gasteiger partial charge in [0.1, 0.15) is 5.78 Å². The summed E-state index contributed by atoms with van der Waals surface area (Å²) in [5.41, 5.74) is 0. The largest absolute Gasteiger partial charge is 0.469 e. The van der Waals surface area contributed by atoms with Gasteiger partial charge < -0.3 is 4.74 Å². The zero-order valence-corrected chi connectivity index (χ0v) is 11.6. The normalized spacial score (nSPS) is 23.8. The number of ketones is 1. The van der Waals surface area contributed by atoms with Gasteiger partial charge in [-0.25, -0.2) is 0 Å². The molecule has 0 amide bonds. The van der Waals surface area contributed by atoms with Crippen LogP contribution in [0.2, 0.25) is 0 Å². The van der Waals surface area contributed by atoms with Crippen molar-refractivity contribution in [2.24, 2.45) is 5.92 Å². The first kappa shape index (κ1) is 15.2. The summed E-state index contributed by atoms with van der Waals surface area (Å²) in [6.45, 7) is 0. The number of rotatable bonds is 2. The molecule has 0 aromatic carbocycles. The first-order valence-corrected chi connectivity index (χ1v) is 7.33. The van der Waals surface area contributed by atoms with Gasteiger partial charge in [0.25, 0.3) is 0 Å². The van der Waals surface area contributed by atoms with E-state index in [2.05, 4.69) is 4.74 Å². The van der Waals surface area contributed by atoms with E-state index in [9.17, 15) is 9.59 Å². The van der Waals surface area contributed by atoms with E-state index in [1.54, 1.807) is 0 Å². The van der Waals surface area contributed by atoms with E-state index in [0.29, 0.717) is 6.42 Å². The van der Waals surface area contributed by atoms with Gasteiger partial charge >= 0.3 is 5.97 Å². The standard InChI is InChI=1S/C15H26O3/c1-18-15(17)12-13-10-8-6-4-2-3-5-7-9-11-14(13)16/h13H,2-12H2,1H3. The smallest absolute Gasteiger partial charge is 0.306 e. The lowest BCUT2D eigenvalue weighted by molar-refractivity contribution is -0.144. The third-order valence-electron chi connectivity index (χ3n) is 3.82. The Morgan fingerprint density at radius 2 is 1.61 bits per heavy atom. The molecule has 3 nitrogen and oxygen atoms in total. The van der Waals surface area contributed by atoms with Crippen molar-refractivity contribution in [1.82, 2.24) is 0 Å². The minimum Gasteiger partial charge on any atom is -0.469 e. The van der Waals surface area contributed by atoms with E-state index in [1.807, 2.05) is 0 Å². The highest BCUT2D eigenvalue weighted by molar-refractivity contribution is 5.85. The Hall–Kier alpha value is -0.860. The minimum atomic E-state index is -0.250. The molecule has 0 heterocycles. The second-order valence-corrected chi connectivity index (χ2v) is 5.31. The second kappa shape index (κ2) is 9.12. The van der Waals surface area contributed by atoms with E-state index in [0.717, 1.165) is 25.7 Å². The summed E-state index contributed by atoms with van der Waals surface area (Å²) in [5, 5.41) is 0. The molecule has 1 unspecified atom stereocenters. The van der Waals surface area contributed by atoms with E-state index in [4.69, 9.17) is 0 Å². The third-order valence-corrected chi connectivity index (χ3v) is 3.82. The fraction of sp³-hybridized carbons (Fsp3) is 0.867. The lowest BCUT2D eigenvalue weighted by Crippen LogP contribution is -2.19. The molecule has 0 saturated heterocycles. The van der Waals surface area contributed by atoms with Crippen molar-refractivity contribution in [1.29, 1.82) is 0 Å². The zero-order valence-electron chi connectivity index (χ0n) is 11.6. The van der Waals surface area contributed by atoms with Crippen molar-refractivity contribution >= 4 is 11.8 Å². The van der Waals surface area contributed by atoms with E-state index >= 15 is 0 Å². The molecule has 1 rings (SSSR count). The van der Waals surface area contributed by atoms with Crippen LogP contribution in [0.4, 0.5) is 0 Å². The summed E-state index contributed by atoms with van der Waals surface area (Å²) in [7, 11) is 1.39. The highest BCUT2D eigenvalue weighted by atomic mass is 16.5. The molecule has 18 heavy (non-hydrogen) atoms. The van der Waals surface area contributed by atoms with E-state index in [-0.39, 0.29) is 24.1 Å². The van der Waals surface area contributed by atoms with Crippen LogP contribution in [0.5, 0.6) is 0 Å². The Morgan fingerprint density at radius 3 is 2.22 bits per heavy atom. The number of carbonyl (C=O) groups excluding carboxylic acids is 2. The molecule has 0 aromatic heterocycles. The van der Waals surface area contributed by atoms with Crippen LogP contribution < -0.4 is 0 Å². The molecule has 0 spiro atoms. The fourth-order valence-electron chi connectivity index (χ4n) is 2.62. The molecule has 0 aromatic rings. The molecule has 0 radical (unpaired) electrons. The highest BCUT2D eigenvalue weighted by Crippen LogP contribution is 2.21. The van der Waals surface area contributed by atoms with Crippen LogP contribution in [0.25, 0.3) is 0 Å². The average Bonchev–Trinajstić information content (AvgIpc) is 2.37. The molecular weight excluding hydrogens is 228 g/mol. The molecule has 0 aliphatic heterocycles. The Bertz CT molecular complexity index is 260. The Morgan fingerprint density at radius 1 is 1.06 bits per heavy atom. The fourth-order valence-corrected chi connectivity index (χ4v) is 2.62. The molecule has 1 atom stereocenters. The van der Waals surface area contributed by atoms with Crippen molar-refractivity contribution < 1.29 is 14.3 Å². The average molecular weight is 254 g/mol. The first-order valence-electron chi connectivity index (χ1n) is 7.33. The topological polar surface area (TPSA) is 43.4 Å².